The quantitative estimate of drug-likeness (QED) is 0.276. The van der Waals surface area contributed by atoms with Crippen LogP contribution in [0.15, 0.2) is 11.6 Å². The first-order chi connectivity index (χ1) is 15.2. The van der Waals surface area contributed by atoms with Gasteiger partial charge in [0.25, 0.3) is 0 Å². The van der Waals surface area contributed by atoms with E-state index in [0.717, 1.165) is 41.9 Å². The first kappa shape index (κ1) is 24.8. The third kappa shape index (κ3) is 4.49. The number of rotatable bonds is 8. The molecule has 4 aliphatic carbocycles. The van der Waals surface area contributed by atoms with Crippen LogP contribution in [0.3, 0.4) is 0 Å². The van der Waals surface area contributed by atoms with Crippen molar-refractivity contribution in [2.24, 2.45) is 46.3 Å². The molecule has 1 unspecified atom stereocenters. The number of ether oxygens (including phenoxy) is 2. The van der Waals surface area contributed by atoms with Gasteiger partial charge in [0.05, 0.1) is 6.10 Å². The van der Waals surface area contributed by atoms with Gasteiger partial charge in [-0.2, -0.15) is 0 Å². The molecule has 3 fully saturated rings. The highest BCUT2D eigenvalue weighted by Crippen LogP contribution is 2.67. The Kier molecular flexibility index (Phi) is 7.53. The molecule has 0 saturated heterocycles. The Balaban J connectivity index is 1.45. The van der Waals surface area contributed by atoms with Crippen molar-refractivity contribution in [1.29, 1.82) is 0 Å². The topological polar surface area (TPSA) is 18.5 Å². The van der Waals surface area contributed by atoms with Crippen LogP contribution in [-0.4, -0.2) is 19.5 Å². The van der Waals surface area contributed by atoms with Crippen LogP contribution in [0.2, 0.25) is 0 Å². The van der Waals surface area contributed by atoms with Gasteiger partial charge < -0.3 is 9.47 Å². The van der Waals surface area contributed by atoms with Crippen LogP contribution in [0, 0.1) is 46.3 Å². The highest BCUT2D eigenvalue weighted by Gasteiger charge is 2.59. The fourth-order valence-corrected chi connectivity index (χ4v) is 9.09. The van der Waals surface area contributed by atoms with E-state index in [1.807, 2.05) is 6.92 Å². The van der Waals surface area contributed by atoms with E-state index < -0.39 is 0 Å². The van der Waals surface area contributed by atoms with Crippen LogP contribution >= 0.6 is 0 Å². The molecule has 0 aliphatic heterocycles. The average Bonchev–Trinajstić information content (AvgIpc) is 3.11. The van der Waals surface area contributed by atoms with E-state index in [4.69, 9.17) is 9.47 Å². The highest BCUT2D eigenvalue weighted by atomic mass is 16.7. The van der Waals surface area contributed by atoms with Gasteiger partial charge in [0, 0.05) is 7.11 Å². The molecule has 0 aromatic carbocycles. The molecule has 0 amide bonds. The summed E-state index contributed by atoms with van der Waals surface area (Å²) in [5, 5.41) is 0. The van der Waals surface area contributed by atoms with Crippen molar-refractivity contribution in [2.45, 2.75) is 125 Å². The van der Waals surface area contributed by atoms with E-state index in [1.165, 1.54) is 64.2 Å². The maximum absolute atomic E-state index is 6.18. The Hall–Kier alpha value is -0.340. The fourth-order valence-electron chi connectivity index (χ4n) is 9.09. The minimum Gasteiger partial charge on any atom is -0.356 e. The first-order valence-electron chi connectivity index (χ1n) is 14.1. The Morgan fingerprint density at radius 3 is 2.47 bits per heavy atom. The van der Waals surface area contributed by atoms with E-state index in [9.17, 15) is 0 Å². The molecule has 2 nitrogen and oxygen atoms in total. The van der Waals surface area contributed by atoms with Crippen LogP contribution in [0.4, 0.5) is 0 Å². The molecule has 0 bridgehead atoms. The van der Waals surface area contributed by atoms with Gasteiger partial charge in [0.1, 0.15) is 0 Å². The van der Waals surface area contributed by atoms with Crippen molar-refractivity contribution in [3.8, 4) is 0 Å². The van der Waals surface area contributed by atoms with Gasteiger partial charge >= 0.3 is 0 Å². The lowest BCUT2D eigenvalue weighted by Crippen LogP contribution is -2.51. The van der Waals surface area contributed by atoms with Gasteiger partial charge in [-0.1, -0.05) is 65.5 Å². The Morgan fingerprint density at radius 2 is 1.75 bits per heavy atom. The van der Waals surface area contributed by atoms with Crippen LogP contribution in [0.25, 0.3) is 0 Å². The largest absolute Gasteiger partial charge is 0.356 e. The van der Waals surface area contributed by atoms with Crippen molar-refractivity contribution in [1.82, 2.24) is 0 Å². The molecular formula is C30H52O2. The lowest BCUT2D eigenvalue weighted by Gasteiger charge is -2.58. The lowest BCUT2D eigenvalue weighted by molar-refractivity contribution is -0.155. The molecule has 0 aromatic rings. The van der Waals surface area contributed by atoms with Gasteiger partial charge in [-0.15, -0.1) is 0 Å². The number of hydrogen-bond donors (Lipinski definition) is 0. The van der Waals surface area contributed by atoms with Crippen LogP contribution < -0.4 is 0 Å². The van der Waals surface area contributed by atoms with Crippen molar-refractivity contribution >= 4 is 0 Å². The molecule has 0 spiro atoms. The van der Waals surface area contributed by atoms with Crippen molar-refractivity contribution in [3.05, 3.63) is 11.6 Å². The smallest absolute Gasteiger partial charge is 0.154 e. The Bertz CT molecular complexity index is 668. The summed E-state index contributed by atoms with van der Waals surface area (Å²) < 4.78 is 11.6. The van der Waals surface area contributed by atoms with E-state index in [0.29, 0.717) is 16.9 Å². The molecule has 0 radical (unpaired) electrons. The fraction of sp³-hybridized carbons (Fsp3) is 0.933. The summed E-state index contributed by atoms with van der Waals surface area (Å²) in [5.41, 5.74) is 2.73. The van der Waals surface area contributed by atoms with E-state index in [2.05, 4.69) is 40.7 Å². The monoisotopic (exact) mass is 444 g/mol. The molecule has 4 aliphatic rings. The van der Waals surface area contributed by atoms with E-state index >= 15 is 0 Å². The van der Waals surface area contributed by atoms with Gasteiger partial charge in [-0.05, 0) is 105 Å². The normalized spacial score (nSPS) is 43.2. The molecule has 2 heteroatoms. The van der Waals surface area contributed by atoms with E-state index in [1.54, 1.807) is 12.7 Å². The summed E-state index contributed by atoms with van der Waals surface area (Å²) in [6.45, 7) is 14.7. The minimum absolute atomic E-state index is 0.0883. The number of methoxy groups -OCH3 is 1. The summed E-state index contributed by atoms with van der Waals surface area (Å²) in [5.74, 6) is 5.49. The predicted octanol–water partition coefficient (Wildman–Crippen LogP) is 8.41. The van der Waals surface area contributed by atoms with Crippen LogP contribution in [0.5, 0.6) is 0 Å². The molecule has 0 N–H and O–H groups in total. The second kappa shape index (κ2) is 9.73. The van der Waals surface area contributed by atoms with Crippen molar-refractivity contribution in [3.63, 3.8) is 0 Å². The predicted molar refractivity (Wildman–Crippen MR) is 134 cm³/mol. The molecular weight excluding hydrogens is 392 g/mol. The molecule has 0 heterocycles. The zero-order chi connectivity index (χ0) is 23.1. The maximum Gasteiger partial charge on any atom is 0.154 e. The zero-order valence-corrected chi connectivity index (χ0v) is 22.3. The van der Waals surface area contributed by atoms with Crippen LogP contribution in [-0.2, 0) is 9.47 Å². The molecule has 9 atom stereocenters. The van der Waals surface area contributed by atoms with Gasteiger partial charge in [-0.25, -0.2) is 0 Å². The standard InChI is InChI=1S/C30H52O2/c1-20(2)9-8-10-21(3)26-13-14-27-25-12-11-23-19-24(32-22(4)31-7)15-17-29(23,5)28(25)16-18-30(26,27)6/h11,20-22,24-28H,8-10,12-19H2,1-7H3/t21-,22?,24+,25+,26-,27+,28+,29+,30-/m1/s1. The van der Waals surface area contributed by atoms with E-state index in [-0.39, 0.29) is 6.29 Å². The van der Waals surface area contributed by atoms with Crippen LogP contribution in [0.1, 0.15) is 112 Å². The van der Waals surface area contributed by atoms with Crippen molar-refractivity contribution < 1.29 is 9.47 Å². The Morgan fingerprint density at radius 1 is 0.969 bits per heavy atom. The molecule has 32 heavy (non-hydrogen) atoms. The zero-order valence-electron chi connectivity index (χ0n) is 22.3. The van der Waals surface area contributed by atoms with Crippen molar-refractivity contribution in [2.75, 3.05) is 7.11 Å². The second-order valence-corrected chi connectivity index (χ2v) is 13.1. The number of fused-ring (bicyclic) bond motifs is 5. The third-order valence-corrected chi connectivity index (χ3v) is 11.0. The molecule has 184 valence electrons. The van der Waals surface area contributed by atoms with Gasteiger partial charge in [-0.3, -0.25) is 0 Å². The third-order valence-electron chi connectivity index (χ3n) is 11.0. The molecule has 0 aromatic heterocycles. The number of hydrogen-bond acceptors (Lipinski definition) is 2. The highest BCUT2D eigenvalue weighted by molar-refractivity contribution is 5.25. The van der Waals surface area contributed by atoms with Gasteiger partial charge in [0.15, 0.2) is 6.29 Å². The average molecular weight is 445 g/mol. The lowest BCUT2D eigenvalue weighted by atomic mass is 9.47. The molecule has 3 saturated carbocycles. The minimum atomic E-state index is -0.0883. The summed E-state index contributed by atoms with van der Waals surface area (Å²) >= 11 is 0. The first-order valence-corrected chi connectivity index (χ1v) is 14.1. The maximum atomic E-state index is 6.18. The summed E-state index contributed by atoms with van der Waals surface area (Å²) in [6.07, 6.45) is 18.1. The summed E-state index contributed by atoms with van der Waals surface area (Å²) in [6, 6.07) is 0. The molecule has 4 rings (SSSR count). The Labute approximate surface area is 199 Å². The number of allylic oxidation sites excluding steroid dienone is 1. The SMILES string of the molecule is COC(C)O[C@H]1CC[C@@]2(C)C(=CC[C@H]3[C@@H]4CC[C@H]([C@H](C)CCCC(C)C)[C@@]4(C)CC[C@@H]32)C1. The summed E-state index contributed by atoms with van der Waals surface area (Å²) in [4.78, 5) is 0. The van der Waals surface area contributed by atoms with Gasteiger partial charge in [0.2, 0.25) is 0 Å². The second-order valence-electron chi connectivity index (χ2n) is 13.1. The summed E-state index contributed by atoms with van der Waals surface area (Å²) in [7, 11) is 1.75.